The molecule has 1 N–H and O–H groups in total. The van der Waals surface area contributed by atoms with E-state index in [-0.39, 0.29) is 5.69 Å². The van der Waals surface area contributed by atoms with Gasteiger partial charge in [-0.2, -0.15) is 0 Å². The molecule has 20 heavy (non-hydrogen) atoms. The standard InChI is InChI=1S/C15H16N2O3/c1-11-3-6-14(9-15(11)17(18)19)20-13-7-4-12(5-8-13)10-16-2/h3-9,16H,10H2,1-2H3. The first-order valence-electron chi connectivity index (χ1n) is 6.26. The average Bonchev–Trinajstić information content (AvgIpc) is 2.43. The predicted molar refractivity (Wildman–Crippen MR) is 77.1 cm³/mol. The van der Waals surface area contributed by atoms with E-state index < -0.39 is 4.92 Å². The van der Waals surface area contributed by atoms with Gasteiger partial charge in [0, 0.05) is 12.1 Å². The predicted octanol–water partition coefficient (Wildman–Crippen LogP) is 3.41. The average molecular weight is 272 g/mol. The largest absolute Gasteiger partial charge is 0.457 e. The summed E-state index contributed by atoms with van der Waals surface area (Å²) >= 11 is 0. The van der Waals surface area contributed by atoms with Crippen molar-refractivity contribution in [2.45, 2.75) is 13.5 Å². The third kappa shape index (κ3) is 3.33. The summed E-state index contributed by atoms with van der Waals surface area (Å²) < 4.78 is 5.63. The number of nitro benzene ring substituents is 1. The number of hydrogen-bond donors (Lipinski definition) is 1. The summed E-state index contributed by atoms with van der Waals surface area (Å²) in [6.45, 7) is 2.49. The Morgan fingerprint density at radius 3 is 2.40 bits per heavy atom. The normalized spacial score (nSPS) is 10.3. The Balaban J connectivity index is 2.17. The number of benzene rings is 2. The van der Waals surface area contributed by atoms with Crippen LogP contribution in [0.15, 0.2) is 42.5 Å². The molecule has 0 aliphatic carbocycles. The molecule has 0 aliphatic rings. The van der Waals surface area contributed by atoms with Crippen molar-refractivity contribution in [1.82, 2.24) is 5.32 Å². The highest BCUT2D eigenvalue weighted by Crippen LogP contribution is 2.27. The Labute approximate surface area is 117 Å². The van der Waals surface area contributed by atoms with E-state index in [1.165, 1.54) is 6.07 Å². The molecule has 5 nitrogen and oxygen atoms in total. The van der Waals surface area contributed by atoms with Gasteiger partial charge >= 0.3 is 0 Å². The Kier molecular flexibility index (Phi) is 4.32. The second-order valence-corrected chi connectivity index (χ2v) is 4.48. The van der Waals surface area contributed by atoms with E-state index in [0.717, 1.165) is 12.1 Å². The van der Waals surface area contributed by atoms with Crippen molar-refractivity contribution in [1.29, 1.82) is 0 Å². The van der Waals surface area contributed by atoms with Crippen molar-refractivity contribution >= 4 is 5.69 Å². The minimum atomic E-state index is -0.405. The first kappa shape index (κ1) is 14.0. The van der Waals surface area contributed by atoms with Gasteiger partial charge in [0.25, 0.3) is 5.69 Å². The van der Waals surface area contributed by atoms with Crippen LogP contribution in [0.25, 0.3) is 0 Å². The summed E-state index contributed by atoms with van der Waals surface area (Å²) in [4.78, 5) is 10.5. The fourth-order valence-corrected chi connectivity index (χ4v) is 1.86. The molecule has 0 aromatic heterocycles. The highest BCUT2D eigenvalue weighted by atomic mass is 16.6. The molecule has 104 valence electrons. The molecule has 2 aromatic rings. The molecule has 0 unspecified atom stereocenters. The number of hydrogen-bond acceptors (Lipinski definition) is 4. The van der Waals surface area contributed by atoms with Gasteiger partial charge in [-0.05, 0) is 43.8 Å². The van der Waals surface area contributed by atoms with Crippen LogP contribution in [0.4, 0.5) is 5.69 Å². The fraction of sp³-hybridized carbons (Fsp3) is 0.200. The van der Waals surface area contributed by atoms with Crippen LogP contribution in [0.5, 0.6) is 11.5 Å². The molecule has 0 heterocycles. The highest BCUT2D eigenvalue weighted by Gasteiger charge is 2.11. The van der Waals surface area contributed by atoms with Gasteiger partial charge in [-0.1, -0.05) is 12.1 Å². The number of aryl methyl sites for hydroxylation is 1. The lowest BCUT2D eigenvalue weighted by atomic mass is 10.2. The van der Waals surface area contributed by atoms with Crippen LogP contribution in [-0.4, -0.2) is 12.0 Å². The highest BCUT2D eigenvalue weighted by molar-refractivity contribution is 5.46. The van der Waals surface area contributed by atoms with Crippen LogP contribution < -0.4 is 10.1 Å². The van der Waals surface area contributed by atoms with E-state index in [2.05, 4.69) is 5.32 Å². The lowest BCUT2D eigenvalue weighted by Crippen LogP contribution is -2.04. The molecule has 5 heteroatoms. The maximum absolute atomic E-state index is 10.9. The number of nitrogens with zero attached hydrogens (tertiary/aromatic N) is 1. The maximum atomic E-state index is 10.9. The van der Waals surface area contributed by atoms with Gasteiger partial charge in [-0.3, -0.25) is 10.1 Å². The van der Waals surface area contributed by atoms with E-state index in [1.807, 2.05) is 31.3 Å². The van der Waals surface area contributed by atoms with Gasteiger partial charge in [0.05, 0.1) is 11.0 Å². The first-order chi connectivity index (χ1) is 9.60. The Morgan fingerprint density at radius 1 is 1.15 bits per heavy atom. The zero-order chi connectivity index (χ0) is 14.5. The van der Waals surface area contributed by atoms with E-state index in [9.17, 15) is 10.1 Å². The second kappa shape index (κ2) is 6.16. The molecular weight excluding hydrogens is 256 g/mol. The van der Waals surface area contributed by atoms with Crippen molar-refractivity contribution in [2.75, 3.05) is 7.05 Å². The molecular formula is C15H16N2O3. The molecule has 0 amide bonds. The van der Waals surface area contributed by atoms with E-state index in [0.29, 0.717) is 17.1 Å². The van der Waals surface area contributed by atoms with Gasteiger partial charge in [0.15, 0.2) is 0 Å². The third-order valence-corrected chi connectivity index (χ3v) is 2.92. The summed E-state index contributed by atoms with van der Waals surface area (Å²) in [6, 6.07) is 12.4. The Hall–Kier alpha value is -2.40. The third-order valence-electron chi connectivity index (χ3n) is 2.92. The molecule has 0 radical (unpaired) electrons. The molecule has 0 saturated carbocycles. The van der Waals surface area contributed by atoms with Crippen LogP contribution in [0.1, 0.15) is 11.1 Å². The van der Waals surface area contributed by atoms with Gasteiger partial charge < -0.3 is 10.1 Å². The van der Waals surface area contributed by atoms with Crippen molar-refractivity contribution < 1.29 is 9.66 Å². The molecule has 0 saturated heterocycles. The topological polar surface area (TPSA) is 64.4 Å². The second-order valence-electron chi connectivity index (χ2n) is 4.48. The van der Waals surface area contributed by atoms with Crippen LogP contribution in [-0.2, 0) is 6.54 Å². The lowest BCUT2D eigenvalue weighted by Gasteiger charge is -2.07. The van der Waals surface area contributed by atoms with E-state index >= 15 is 0 Å². The smallest absolute Gasteiger partial charge is 0.276 e. The van der Waals surface area contributed by atoms with E-state index in [4.69, 9.17) is 4.74 Å². The molecule has 0 bridgehead atoms. The van der Waals surface area contributed by atoms with Crippen molar-refractivity contribution in [3.8, 4) is 11.5 Å². The molecule has 2 aromatic carbocycles. The summed E-state index contributed by atoms with van der Waals surface area (Å²) in [7, 11) is 1.88. The summed E-state index contributed by atoms with van der Waals surface area (Å²) in [6.07, 6.45) is 0. The van der Waals surface area contributed by atoms with Gasteiger partial charge in [-0.15, -0.1) is 0 Å². The van der Waals surface area contributed by atoms with Gasteiger partial charge in [0.2, 0.25) is 0 Å². The lowest BCUT2D eigenvalue weighted by molar-refractivity contribution is -0.385. The molecule has 0 aliphatic heterocycles. The van der Waals surface area contributed by atoms with E-state index in [1.54, 1.807) is 19.1 Å². The fourth-order valence-electron chi connectivity index (χ4n) is 1.86. The molecule has 0 atom stereocenters. The number of ether oxygens (including phenoxy) is 1. The quantitative estimate of drug-likeness (QED) is 0.669. The minimum absolute atomic E-state index is 0.0642. The van der Waals surface area contributed by atoms with Crippen molar-refractivity contribution in [3.63, 3.8) is 0 Å². The van der Waals surface area contributed by atoms with Crippen molar-refractivity contribution in [3.05, 3.63) is 63.7 Å². The maximum Gasteiger partial charge on any atom is 0.276 e. The minimum Gasteiger partial charge on any atom is -0.457 e. The SMILES string of the molecule is CNCc1ccc(Oc2ccc(C)c([N+](=O)[O-])c2)cc1. The number of nitrogens with one attached hydrogen (secondary N) is 1. The first-order valence-corrected chi connectivity index (χ1v) is 6.26. The van der Waals surface area contributed by atoms with Gasteiger partial charge in [-0.25, -0.2) is 0 Å². The molecule has 0 spiro atoms. The Morgan fingerprint density at radius 2 is 1.80 bits per heavy atom. The molecule has 2 rings (SSSR count). The zero-order valence-corrected chi connectivity index (χ0v) is 11.4. The van der Waals surface area contributed by atoms with Crippen LogP contribution in [0.3, 0.4) is 0 Å². The summed E-state index contributed by atoms with van der Waals surface area (Å²) in [5, 5.41) is 13.9. The van der Waals surface area contributed by atoms with Crippen LogP contribution in [0.2, 0.25) is 0 Å². The number of nitro groups is 1. The number of rotatable bonds is 5. The zero-order valence-electron chi connectivity index (χ0n) is 11.4. The van der Waals surface area contributed by atoms with Crippen LogP contribution in [0, 0.1) is 17.0 Å². The summed E-state index contributed by atoms with van der Waals surface area (Å²) in [5.41, 5.74) is 1.83. The van der Waals surface area contributed by atoms with Crippen molar-refractivity contribution in [2.24, 2.45) is 0 Å². The monoisotopic (exact) mass is 272 g/mol. The Bertz CT molecular complexity index is 609. The molecule has 0 fully saturated rings. The van der Waals surface area contributed by atoms with Crippen LogP contribution >= 0.6 is 0 Å². The summed E-state index contributed by atoms with van der Waals surface area (Å²) in [5.74, 6) is 1.12. The van der Waals surface area contributed by atoms with Gasteiger partial charge in [0.1, 0.15) is 11.5 Å².